The first-order chi connectivity index (χ1) is 17.3. The van der Waals surface area contributed by atoms with E-state index in [1.165, 1.54) is 36.4 Å². The number of ether oxygens (including phenoxy) is 2. The lowest BCUT2D eigenvalue weighted by Gasteiger charge is -2.09. The SMILES string of the molecule is CCCCCCNC(=O)c1ccc(S(=O)(=O)NC(=O)c2ccc(OC(=O)NCCOCC)nc2)cc1. The molecule has 36 heavy (non-hydrogen) atoms. The number of rotatable bonds is 14. The minimum atomic E-state index is -4.19. The summed E-state index contributed by atoms with van der Waals surface area (Å²) in [6.45, 7) is 5.61. The van der Waals surface area contributed by atoms with Gasteiger partial charge in [0.15, 0.2) is 0 Å². The van der Waals surface area contributed by atoms with E-state index in [-0.39, 0.29) is 28.8 Å². The number of pyridine rings is 1. The first-order valence-electron chi connectivity index (χ1n) is 11.7. The standard InChI is InChI=1S/C24H32N4O7S/c1-3-5-6-7-14-25-22(29)18-8-11-20(12-9-18)36(32,33)28-23(30)19-10-13-21(27-17-19)35-24(31)26-15-16-34-4-2/h8-13,17H,3-7,14-16H2,1-2H3,(H,25,29)(H,26,31)(H,28,30). The first-order valence-corrected chi connectivity index (χ1v) is 13.2. The predicted molar refractivity (Wildman–Crippen MR) is 132 cm³/mol. The van der Waals surface area contributed by atoms with Gasteiger partial charge in [-0.15, -0.1) is 0 Å². The number of aromatic nitrogens is 1. The van der Waals surface area contributed by atoms with Crippen molar-refractivity contribution in [2.45, 2.75) is 44.4 Å². The molecule has 2 rings (SSSR count). The maximum atomic E-state index is 12.6. The van der Waals surface area contributed by atoms with Gasteiger partial charge in [0.25, 0.3) is 21.8 Å². The van der Waals surface area contributed by atoms with Crippen LogP contribution in [0.15, 0.2) is 47.5 Å². The van der Waals surface area contributed by atoms with Crippen LogP contribution in [-0.2, 0) is 14.8 Å². The number of nitrogens with zero attached hydrogens (tertiary/aromatic N) is 1. The molecule has 1 aromatic heterocycles. The molecular weight excluding hydrogens is 488 g/mol. The Kier molecular flexibility index (Phi) is 11.8. The number of amides is 3. The Morgan fingerprint density at radius 3 is 2.22 bits per heavy atom. The predicted octanol–water partition coefficient (Wildman–Crippen LogP) is 2.64. The van der Waals surface area contributed by atoms with Crippen molar-refractivity contribution < 1.29 is 32.3 Å². The second kappa shape index (κ2) is 14.8. The Hall–Kier alpha value is -3.51. The lowest BCUT2D eigenvalue weighted by Crippen LogP contribution is -2.31. The number of carbonyl (C=O) groups is 3. The molecule has 1 heterocycles. The quantitative estimate of drug-likeness (QED) is 0.321. The van der Waals surface area contributed by atoms with Crippen molar-refractivity contribution in [2.24, 2.45) is 0 Å². The molecule has 0 aliphatic carbocycles. The van der Waals surface area contributed by atoms with Gasteiger partial charge in [-0.3, -0.25) is 9.59 Å². The maximum absolute atomic E-state index is 12.6. The average molecular weight is 521 g/mol. The second-order valence-electron chi connectivity index (χ2n) is 7.67. The Morgan fingerprint density at radius 1 is 0.861 bits per heavy atom. The molecule has 0 saturated carbocycles. The molecular formula is C24H32N4O7S. The number of nitrogens with one attached hydrogen (secondary N) is 3. The highest BCUT2D eigenvalue weighted by Crippen LogP contribution is 2.13. The van der Waals surface area contributed by atoms with E-state index in [1.54, 1.807) is 0 Å². The number of hydrogen-bond acceptors (Lipinski definition) is 8. The third-order valence-electron chi connectivity index (χ3n) is 4.89. The van der Waals surface area contributed by atoms with E-state index in [0.717, 1.165) is 31.9 Å². The number of benzene rings is 1. The van der Waals surface area contributed by atoms with Crippen molar-refractivity contribution in [3.8, 4) is 5.88 Å². The summed E-state index contributed by atoms with van der Waals surface area (Å²) in [5.74, 6) is -1.28. The van der Waals surface area contributed by atoms with Crippen LogP contribution in [0.1, 0.15) is 60.2 Å². The van der Waals surface area contributed by atoms with E-state index in [2.05, 4.69) is 22.5 Å². The fourth-order valence-electron chi connectivity index (χ4n) is 2.96. The molecule has 0 aliphatic heterocycles. The fraction of sp³-hybridized carbons (Fsp3) is 0.417. The molecule has 0 unspecified atom stereocenters. The van der Waals surface area contributed by atoms with Gasteiger partial charge in [-0.1, -0.05) is 26.2 Å². The summed E-state index contributed by atoms with van der Waals surface area (Å²) in [7, 11) is -4.19. The van der Waals surface area contributed by atoms with Crippen LogP contribution in [0.3, 0.4) is 0 Å². The zero-order chi connectivity index (χ0) is 26.4. The van der Waals surface area contributed by atoms with Crippen molar-refractivity contribution in [2.75, 3.05) is 26.3 Å². The Morgan fingerprint density at radius 2 is 1.58 bits per heavy atom. The van der Waals surface area contributed by atoms with Crippen LogP contribution in [-0.4, -0.2) is 57.6 Å². The third kappa shape index (κ3) is 9.62. The average Bonchev–Trinajstić information content (AvgIpc) is 2.86. The molecule has 0 bridgehead atoms. The van der Waals surface area contributed by atoms with Gasteiger partial charge in [-0.05, 0) is 43.7 Å². The molecule has 0 atom stereocenters. The monoisotopic (exact) mass is 520 g/mol. The Bertz CT molecular complexity index is 1100. The summed E-state index contributed by atoms with van der Waals surface area (Å²) >= 11 is 0. The van der Waals surface area contributed by atoms with E-state index in [4.69, 9.17) is 9.47 Å². The molecule has 11 nitrogen and oxygen atoms in total. The van der Waals surface area contributed by atoms with Crippen molar-refractivity contribution >= 4 is 27.9 Å². The van der Waals surface area contributed by atoms with Crippen LogP contribution in [0.2, 0.25) is 0 Å². The van der Waals surface area contributed by atoms with Crippen molar-refractivity contribution in [1.82, 2.24) is 20.3 Å². The molecule has 196 valence electrons. The van der Waals surface area contributed by atoms with Gasteiger partial charge in [0.2, 0.25) is 5.88 Å². The molecule has 0 radical (unpaired) electrons. The van der Waals surface area contributed by atoms with Crippen LogP contribution in [0.4, 0.5) is 4.79 Å². The van der Waals surface area contributed by atoms with Crippen LogP contribution >= 0.6 is 0 Å². The molecule has 2 aromatic rings. The van der Waals surface area contributed by atoms with Crippen molar-refractivity contribution in [3.63, 3.8) is 0 Å². The molecule has 0 spiro atoms. The lowest BCUT2D eigenvalue weighted by molar-refractivity contribution is 0.0950. The summed E-state index contributed by atoms with van der Waals surface area (Å²) in [6.07, 6.45) is 4.46. The van der Waals surface area contributed by atoms with Crippen LogP contribution < -0.4 is 20.1 Å². The number of carbonyl (C=O) groups excluding carboxylic acids is 3. The van der Waals surface area contributed by atoms with Gasteiger partial charge < -0.3 is 20.1 Å². The summed E-state index contributed by atoms with van der Waals surface area (Å²) < 4.78 is 37.2. The second-order valence-corrected chi connectivity index (χ2v) is 9.36. The molecule has 0 aliphatic rings. The Balaban J connectivity index is 1.89. The summed E-state index contributed by atoms with van der Waals surface area (Å²) in [4.78, 5) is 40.0. The molecule has 1 aromatic carbocycles. The van der Waals surface area contributed by atoms with Crippen LogP contribution in [0.5, 0.6) is 5.88 Å². The molecule has 3 N–H and O–H groups in total. The molecule has 3 amide bonds. The molecule has 0 fully saturated rings. The summed E-state index contributed by atoms with van der Waals surface area (Å²) in [5.41, 5.74) is 0.263. The van der Waals surface area contributed by atoms with Gasteiger partial charge in [0, 0.05) is 37.5 Å². The minimum Gasteiger partial charge on any atom is -0.391 e. The highest BCUT2D eigenvalue weighted by atomic mass is 32.2. The smallest absolute Gasteiger partial charge is 0.391 e. The van der Waals surface area contributed by atoms with Crippen molar-refractivity contribution in [3.05, 3.63) is 53.7 Å². The number of hydrogen-bond donors (Lipinski definition) is 3. The normalized spacial score (nSPS) is 10.9. The van der Waals surface area contributed by atoms with E-state index in [0.29, 0.717) is 25.3 Å². The zero-order valence-corrected chi connectivity index (χ0v) is 21.2. The number of unbranched alkanes of at least 4 members (excludes halogenated alkanes) is 3. The van der Waals surface area contributed by atoms with E-state index in [9.17, 15) is 22.8 Å². The van der Waals surface area contributed by atoms with Gasteiger partial charge in [-0.25, -0.2) is 22.9 Å². The van der Waals surface area contributed by atoms with E-state index >= 15 is 0 Å². The fourth-order valence-corrected chi connectivity index (χ4v) is 3.93. The topological polar surface area (TPSA) is 153 Å². The summed E-state index contributed by atoms with van der Waals surface area (Å²) in [6, 6.07) is 7.80. The van der Waals surface area contributed by atoms with Crippen LogP contribution in [0, 0.1) is 0 Å². The highest BCUT2D eigenvalue weighted by molar-refractivity contribution is 7.90. The van der Waals surface area contributed by atoms with Crippen LogP contribution in [0.25, 0.3) is 0 Å². The van der Waals surface area contributed by atoms with Gasteiger partial charge >= 0.3 is 6.09 Å². The van der Waals surface area contributed by atoms with Crippen molar-refractivity contribution in [1.29, 1.82) is 0 Å². The minimum absolute atomic E-state index is 0.0539. The van der Waals surface area contributed by atoms with E-state index < -0.39 is 22.0 Å². The number of sulfonamides is 1. The third-order valence-corrected chi connectivity index (χ3v) is 6.23. The Labute approximate surface area is 211 Å². The molecule has 0 saturated heterocycles. The van der Waals surface area contributed by atoms with Gasteiger partial charge in [0.1, 0.15) is 0 Å². The molecule has 12 heteroatoms. The first kappa shape index (κ1) is 28.7. The van der Waals surface area contributed by atoms with Gasteiger partial charge in [0.05, 0.1) is 17.1 Å². The largest absolute Gasteiger partial charge is 0.414 e. The van der Waals surface area contributed by atoms with E-state index in [1.807, 2.05) is 11.6 Å². The maximum Gasteiger partial charge on any atom is 0.414 e. The highest BCUT2D eigenvalue weighted by Gasteiger charge is 2.20. The van der Waals surface area contributed by atoms with Gasteiger partial charge in [-0.2, -0.15) is 0 Å². The lowest BCUT2D eigenvalue weighted by atomic mass is 10.2. The zero-order valence-electron chi connectivity index (χ0n) is 20.4. The summed E-state index contributed by atoms with van der Waals surface area (Å²) in [5, 5.41) is 5.27.